The summed E-state index contributed by atoms with van der Waals surface area (Å²) in [6.07, 6.45) is 0.0558. The van der Waals surface area contributed by atoms with Gasteiger partial charge in [-0.15, -0.1) is 0 Å². The molecule has 8 nitrogen and oxygen atoms in total. The van der Waals surface area contributed by atoms with Gasteiger partial charge in [-0.25, -0.2) is 8.42 Å². The van der Waals surface area contributed by atoms with Crippen LogP contribution in [0.1, 0.15) is 12.8 Å². The summed E-state index contributed by atoms with van der Waals surface area (Å²) in [5.41, 5.74) is 0. The zero-order valence-corrected chi connectivity index (χ0v) is 15.7. The van der Waals surface area contributed by atoms with Gasteiger partial charge in [-0.1, -0.05) is 0 Å². The number of carbonyl (C=O) groups is 1. The lowest BCUT2D eigenvalue weighted by molar-refractivity contribution is -0.140. The minimum atomic E-state index is -4.05. The zero-order valence-electron chi connectivity index (χ0n) is 14.9. The normalized spacial score (nSPS) is 17.9. The first kappa shape index (κ1) is 18.6. The van der Waals surface area contributed by atoms with Crippen LogP contribution in [0.2, 0.25) is 0 Å². The Balaban J connectivity index is 1.58. The number of fused-ring (bicyclic) bond motifs is 1. The van der Waals surface area contributed by atoms with Crippen LogP contribution in [-0.4, -0.2) is 44.1 Å². The number of carboxylic acids is 1. The van der Waals surface area contributed by atoms with E-state index in [-0.39, 0.29) is 24.5 Å². The Morgan fingerprint density at radius 1 is 1.00 bits per heavy atom. The number of hydrogen-bond acceptors (Lipinski definition) is 7. The molecule has 2 aromatic carbocycles. The number of hydrogen-bond donors (Lipinski definition) is 2. The van der Waals surface area contributed by atoms with E-state index >= 15 is 0 Å². The molecule has 0 radical (unpaired) electrons. The van der Waals surface area contributed by atoms with Gasteiger partial charge in [0.25, 0.3) is 0 Å². The van der Waals surface area contributed by atoms with Crippen LogP contribution in [0.25, 0.3) is 0 Å². The molecule has 0 saturated carbocycles. The molecule has 4 rings (SSSR count). The van der Waals surface area contributed by atoms with Gasteiger partial charge >= 0.3 is 5.97 Å². The second-order valence-corrected chi connectivity index (χ2v) is 8.90. The van der Waals surface area contributed by atoms with Crippen LogP contribution in [0.5, 0.6) is 23.0 Å². The molecule has 2 heterocycles. The molecule has 1 saturated heterocycles. The van der Waals surface area contributed by atoms with E-state index in [4.69, 9.17) is 14.2 Å². The van der Waals surface area contributed by atoms with Crippen molar-refractivity contribution in [3.8, 4) is 23.0 Å². The minimum absolute atomic E-state index is 0.0279. The van der Waals surface area contributed by atoms with Gasteiger partial charge in [0, 0.05) is 6.07 Å². The summed E-state index contributed by atoms with van der Waals surface area (Å²) in [5, 5.41) is 12.7. The average Bonchev–Trinajstić information content (AvgIpc) is 3.16. The van der Waals surface area contributed by atoms with Gasteiger partial charge in [0.1, 0.15) is 11.5 Å². The van der Waals surface area contributed by atoms with E-state index in [1.54, 1.807) is 18.2 Å². The van der Waals surface area contributed by atoms with Crippen LogP contribution in [0.3, 0.4) is 0 Å². The SMILES string of the molecule is O=C(O)C1(S(=O)(=O)c2ccc(Oc3ccc4c(c3)OCO4)cc2)CCNCC1. The molecule has 148 valence electrons. The molecular formula is C19H19NO7S. The first-order chi connectivity index (χ1) is 13.4. The topological polar surface area (TPSA) is 111 Å². The van der Waals surface area contributed by atoms with Gasteiger partial charge in [0.05, 0.1) is 4.90 Å². The number of piperidine rings is 1. The molecule has 0 bridgehead atoms. The third-order valence-corrected chi connectivity index (χ3v) is 7.53. The molecular weight excluding hydrogens is 386 g/mol. The summed E-state index contributed by atoms with van der Waals surface area (Å²) in [6, 6.07) is 10.9. The number of nitrogens with one attached hydrogen (secondary N) is 1. The maximum Gasteiger partial charge on any atom is 0.325 e. The Kier molecular flexibility index (Phi) is 4.64. The summed E-state index contributed by atoms with van der Waals surface area (Å²) in [4.78, 5) is 11.8. The number of carboxylic acid groups (broad SMARTS) is 1. The fourth-order valence-electron chi connectivity index (χ4n) is 3.42. The Morgan fingerprint density at radius 2 is 1.64 bits per heavy atom. The van der Waals surface area contributed by atoms with Crippen molar-refractivity contribution in [2.75, 3.05) is 19.9 Å². The highest BCUT2D eigenvalue weighted by Gasteiger charge is 2.52. The Morgan fingerprint density at radius 3 is 2.32 bits per heavy atom. The molecule has 9 heteroatoms. The molecule has 2 aromatic rings. The smallest absolute Gasteiger partial charge is 0.325 e. The quantitative estimate of drug-likeness (QED) is 0.779. The van der Waals surface area contributed by atoms with Gasteiger partial charge in [-0.3, -0.25) is 4.79 Å². The first-order valence-corrected chi connectivity index (χ1v) is 10.3. The lowest BCUT2D eigenvalue weighted by Gasteiger charge is -2.33. The largest absolute Gasteiger partial charge is 0.480 e. The Hall–Kier alpha value is -2.78. The van der Waals surface area contributed by atoms with E-state index in [1.165, 1.54) is 24.3 Å². The zero-order chi connectivity index (χ0) is 19.8. The van der Waals surface area contributed by atoms with E-state index in [9.17, 15) is 18.3 Å². The van der Waals surface area contributed by atoms with Crippen LogP contribution >= 0.6 is 0 Å². The summed E-state index contributed by atoms with van der Waals surface area (Å²) in [5.74, 6) is 0.836. The molecule has 0 atom stereocenters. The van der Waals surface area contributed by atoms with Gasteiger partial charge in [-0.05, 0) is 62.3 Å². The van der Waals surface area contributed by atoms with Crippen molar-refractivity contribution in [1.29, 1.82) is 0 Å². The highest BCUT2D eigenvalue weighted by molar-refractivity contribution is 7.93. The van der Waals surface area contributed by atoms with E-state index in [2.05, 4.69) is 5.32 Å². The third kappa shape index (κ3) is 3.06. The molecule has 2 aliphatic heterocycles. The van der Waals surface area contributed by atoms with Crippen molar-refractivity contribution in [2.24, 2.45) is 0 Å². The van der Waals surface area contributed by atoms with Crippen molar-refractivity contribution in [2.45, 2.75) is 22.5 Å². The van der Waals surface area contributed by atoms with Crippen molar-refractivity contribution in [3.63, 3.8) is 0 Å². The van der Waals surface area contributed by atoms with Crippen LogP contribution < -0.4 is 19.5 Å². The summed E-state index contributed by atoms with van der Waals surface area (Å²) in [7, 11) is -4.05. The van der Waals surface area contributed by atoms with E-state index in [1.807, 2.05) is 0 Å². The van der Waals surface area contributed by atoms with Crippen molar-refractivity contribution in [3.05, 3.63) is 42.5 Å². The number of ether oxygens (including phenoxy) is 3. The van der Waals surface area contributed by atoms with Crippen molar-refractivity contribution in [1.82, 2.24) is 5.32 Å². The highest BCUT2D eigenvalue weighted by atomic mass is 32.2. The molecule has 1 fully saturated rings. The average molecular weight is 405 g/mol. The van der Waals surface area contributed by atoms with Crippen LogP contribution in [0.15, 0.2) is 47.4 Å². The fraction of sp³-hybridized carbons (Fsp3) is 0.316. The Labute approximate surface area is 162 Å². The van der Waals surface area contributed by atoms with Crippen LogP contribution in [0, 0.1) is 0 Å². The van der Waals surface area contributed by atoms with Crippen molar-refractivity contribution < 1.29 is 32.5 Å². The number of benzene rings is 2. The molecule has 0 spiro atoms. The van der Waals surface area contributed by atoms with Gasteiger partial charge in [-0.2, -0.15) is 0 Å². The molecule has 0 amide bonds. The van der Waals surface area contributed by atoms with Crippen LogP contribution in [-0.2, 0) is 14.6 Å². The number of rotatable bonds is 5. The first-order valence-electron chi connectivity index (χ1n) is 8.79. The summed E-state index contributed by atoms with van der Waals surface area (Å²) >= 11 is 0. The molecule has 28 heavy (non-hydrogen) atoms. The van der Waals surface area contributed by atoms with Gasteiger partial charge < -0.3 is 24.6 Å². The van der Waals surface area contributed by atoms with Gasteiger partial charge in [0.2, 0.25) is 6.79 Å². The van der Waals surface area contributed by atoms with Crippen molar-refractivity contribution >= 4 is 15.8 Å². The fourth-order valence-corrected chi connectivity index (χ4v) is 5.33. The highest BCUT2D eigenvalue weighted by Crippen LogP contribution is 2.38. The number of sulfone groups is 1. The molecule has 2 aliphatic rings. The second-order valence-electron chi connectivity index (χ2n) is 6.64. The van der Waals surface area contributed by atoms with E-state index in [0.717, 1.165) is 0 Å². The molecule has 2 N–H and O–H groups in total. The predicted molar refractivity (Wildman–Crippen MR) is 98.7 cm³/mol. The third-order valence-electron chi connectivity index (χ3n) is 5.03. The second kappa shape index (κ2) is 6.99. The maximum absolute atomic E-state index is 13.1. The lowest BCUT2D eigenvalue weighted by atomic mass is 9.97. The molecule has 0 aliphatic carbocycles. The van der Waals surface area contributed by atoms with Crippen LogP contribution in [0.4, 0.5) is 0 Å². The van der Waals surface area contributed by atoms with E-state index in [0.29, 0.717) is 36.1 Å². The standard InChI is InChI=1S/C19H19NO7S/c21-18(22)19(7-9-20-10-8-19)28(23,24)15-4-1-13(2-5-15)27-14-3-6-16-17(11-14)26-12-25-16/h1-6,11,20H,7-10,12H2,(H,21,22). The molecule has 0 aromatic heterocycles. The minimum Gasteiger partial charge on any atom is -0.480 e. The van der Waals surface area contributed by atoms with Gasteiger partial charge in [0.15, 0.2) is 26.1 Å². The summed E-state index contributed by atoms with van der Waals surface area (Å²) < 4.78 is 40.6. The molecule has 0 unspecified atom stereocenters. The monoisotopic (exact) mass is 405 g/mol. The predicted octanol–water partition coefficient (Wildman–Crippen LogP) is 2.19. The maximum atomic E-state index is 13.1. The van der Waals surface area contributed by atoms with E-state index < -0.39 is 20.6 Å². The Bertz CT molecular complexity index is 995. The summed E-state index contributed by atoms with van der Waals surface area (Å²) in [6.45, 7) is 0.847. The number of aliphatic carboxylic acids is 1. The lowest BCUT2D eigenvalue weighted by Crippen LogP contribution is -2.53.